The van der Waals surface area contributed by atoms with Crippen LogP contribution >= 0.6 is 23.2 Å². The molecule has 3 amide bonds. The molecule has 1 aliphatic heterocycles. The van der Waals surface area contributed by atoms with Crippen LogP contribution < -0.4 is 5.32 Å². The Morgan fingerprint density at radius 2 is 2.00 bits per heavy atom. The van der Waals surface area contributed by atoms with Crippen LogP contribution in [0.2, 0.25) is 10.0 Å². The monoisotopic (exact) mass is 361 g/mol. The van der Waals surface area contributed by atoms with E-state index in [0.29, 0.717) is 10.0 Å². The van der Waals surface area contributed by atoms with E-state index in [1.54, 1.807) is 12.3 Å². The number of imide groups is 1. The fourth-order valence-electron chi connectivity index (χ4n) is 3.08. The zero-order chi connectivity index (χ0) is 16.8. The van der Waals surface area contributed by atoms with Gasteiger partial charge in [0.15, 0.2) is 0 Å². The van der Waals surface area contributed by atoms with Crippen LogP contribution in [0, 0.1) is 0 Å². The maximum absolute atomic E-state index is 11.8. The number of halogens is 2. The average molecular weight is 362 g/mol. The Morgan fingerprint density at radius 1 is 1.17 bits per heavy atom. The molecule has 2 fully saturated rings. The quantitative estimate of drug-likeness (QED) is 0.851. The molecule has 7 heteroatoms. The van der Waals surface area contributed by atoms with E-state index >= 15 is 0 Å². The van der Waals surface area contributed by atoms with E-state index in [1.165, 1.54) is 4.90 Å². The molecule has 4 rings (SSSR count). The maximum atomic E-state index is 11.8. The van der Waals surface area contributed by atoms with Crippen LogP contribution in [0.1, 0.15) is 17.9 Å². The Labute approximate surface area is 148 Å². The van der Waals surface area contributed by atoms with Crippen molar-refractivity contribution in [2.24, 2.45) is 0 Å². The van der Waals surface area contributed by atoms with E-state index in [2.05, 4.69) is 10.3 Å². The van der Waals surface area contributed by atoms with E-state index in [9.17, 15) is 9.59 Å². The first-order chi connectivity index (χ1) is 11.6. The van der Waals surface area contributed by atoms with Gasteiger partial charge in [-0.2, -0.15) is 0 Å². The van der Waals surface area contributed by atoms with Gasteiger partial charge in [0.2, 0.25) is 5.91 Å². The highest BCUT2D eigenvalue weighted by Crippen LogP contribution is 2.45. The smallest absolute Gasteiger partial charge is 0.324 e. The second kappa shape index (κ2) is 5.76. The molecule has 2 aliphatic rings. The Hall–Kier alpha value is -2.11. The second-order valence-corrected chi connectivity index (χ2v) is 6.70. The topological polar surface area (TPSA) is 62.3 Å². The fourth-order valence-corrected chi connectivity index (χ4v) is 3.48. The molecule has 1 aliphatic carbocycles. The van der Waals surface area contributed by atoms with Crippen molar-refractivity contribution in [3.63, 3.8) is 0 Å². The molecule has 1 saturated heterocycles. The number of carbonyl (C=O) groups excluding carboxylic acids is 2. The molecular weight excluding hydrogens is 349 g/mol. The van der Waals surface area contributed by atoms with E-state index in [4.69, 9.17) is 23.2 Å². The van der Waals surface area contributed by atoms with Gasteiger partial charge in [-0.15, -0.1) is 0 Å². The Bertz CT molecular complexity index is 822. The molecule has 2 aromatic rings. The molecule has 1 saturated carbocycles. The summed E-state index contributed by atoms with van der Waals surface area (Å²) >= 11 is 12.3. The Kier molecular flexibility index (Phi) is 3.70. The standard InChI is InChI=1S/C17H13Cl2N3O2/c18-12-3-1-2-10(16(12)19)13-5-4-9(7-20-13)11-6-14(11)22-15(23)8-21-17(22)24/h1-5,7,11,14H,6,8H2,(H,21,24)/t11-,14+/m1/s1. The van der Waals surface area contributed by atoms with Crippen molar-refractivity contribution in [2.75, 3.05) is 6.54 Å². The van der Waals surface area contributed by atoms with Crippen LogP contribution in [0.15, 0.2) is 36.5 Å². The minimum absolute atomic E-state index is 0.0672. The van der Waals surface area contributed by atoms with Crippen molar-refractivity contribution < 1.29 is 9.59 Å². The molecule has 0 radical (unpaired) electrons. The summed E-state index contributed by atoms with van der Waals surface area (Å²) in [5.74, 6) is -0.0167. The number of nitrogens with zero attached hydrogens (tertiary/aromatic N) is 2. The lowest BCUT2D eigenvalue weighted by Gasteiger charge is -2.12. The average Bonchev–Trinajstić information content (AvgIpc) is 3.29. The largest absolute Gasteiger partial charge is 0.329 e. The lowest BCUT2D eigenvalue weighted by Crippen LogP contribution is -2.33. The third-order valence-electron chi connectivity index (χ3n) is 4.41. The van der Waals surface area contributed by atoms with E-state index in [1.807, 2.05) is 24.3 Å². The first-order valence-electron chi connectivity index (χ1n) is 7.56. The molecule has 0 unspecified atom stereocenters. The molecule has 0 spiro atoms. The first kappa shape index (κ1) is 15.4. The van der Waals surface area contributed by atoms with E-state index in [-0.39, 0.29) is 30.4 Å². The van der Waals surface area contributed by atoms with E-state index in [0.717, 1.165) is 23.2 Å². The highest BCUT2D eigenvalue weighted by atomic mass is 35.5. The van der Waals surface area contributed by atoms with Gasteiger partial charge in [-0.25, -0.2) is 4.79 Å². The summed E-state index contributed by atoms with van der Waals surface area (Å²) in [5, 5.41) is 3.51. The van der Waals surface area contributed by atoms with Gasteiger partial charge in [0.25, 0.3) is 0 Å². The number of amides is 3. The zero-order valence-corrected chi connectivity index (χ0v) is 14.0. The number of carbonyl (C=O) groups is 2. The number of urea groups is 1. The molecule has 1 aromatic carbocycles. The van der Waals surface area contributed by atoms with E-state index < -0.39 is 0 Å². The summed E-state index contributed by atoms with van der Waals surface area (Å²) in [6.07, 6.45) is 2.55. The summed E-state index contributed by atoms with van der Waals surface area (Å²) in [6, 6.07) is 8.90. The highest BCUT2D eigenvalue weighted by Gasteiger charge is 2.49. The summed E-state index contributed by atoms with van der Waals surface area (Å²) in [5.41, 5.74) is 2.52. The van der Waals surface area contributed by atoms with Crippen LogP contribution in [0.25, 0.3) is 11.3 Å². The fraction of sp³-hybridized carbons (Fsp3) is 0.235. The summed E-state index contributed by atoms with van der Waals surface area (Å²) < 4.78 is 0. The van der Waals surface area contributed by atoms with Gasteiger partial charge in [0.05, 0.1) is 22.3 Å². The maximum Gasteiger partial charge on any atom is 0.324 e. The molecule has 1 aromatic heterocycles. The molecule has 2 atom stereocenters. The van der Waals surface area contributed by atoms with Crippen molar-refractivity contribution in [1.29, 1.82) is 0 Å². The minimum atomic E-state index is -0.303. The number of hydrogen-bond acceptors (Lipinski definition) is 3. The third-order valence-corrected chi connectivity index (χ3v) is 5.23. The summed E-state index contributed by atoms with van der Waals surface area (Å²) in [4.78, 5) is 29.2. The predicted octanol–water partition coefficient (Wildman–Crippen LogP) is 3.46. The van der Waals surface area contributed by atoms with Crippen LogP contribution in [0.5, 0.6) is 0 Å². The van der Waals surface area contributed by atoms with Gasteiger partial charge in [-0.3, -0.25) is 14.7 Å². The molecule has 1 N–H and O–H groups in total. The number of hydrogen-bond donors (Lipinski definition) is 1. The molecule has 0 bridgehead atoms. The number of benzene rings is 1. The van der Waals surface area contributed by atoms with Gasteiger partial charge < -0.3 is 5.32 Å². The molecule has 24 heavy (non-hydrogen) atoms. The lowest BCUT2D eigenvalue weighted by molar-refractivity contribution is -0.125. The van der Waals surface area contributed by atoms with Gasteiger partial charge in [0, 0.05) is 23.7 Å². The number of nitrogens with one attached hydrogen (secondary N) is 1. The second-order valence-electron chi connectivity index (χ2n) is 5.91. The summed E-state index contributed by atoms with van der Waals surface area (Å²) in [6.45, 7) is 0.0898. The van der Waals surface area contributed by atoms with Crippen LogP contribution in [0.3, 0.4) is 0 Å². The van der Waals surface area contributed by atoms with Crippen molar-refractivity contribution >= 4 is 35.1 Å². The van der Waals surface area contributed by atoms with Gasteiger partial charge in [-0.05, 0) is 24.1 Å². The van der Waals surface area contributed by atoms with Gasteiger partial charge >= 0.3 is 6.03 Å². The lowest BCUT2D eigenvalue weighted by atomic mass is 10.1. The number of pyridine rings is 1. The van der Waals surface area contributed by atoms with Gasteiger partial charge in [-0.1, -0.05) is 41.4 Å². The number of aromatic nitrogens is 1. The third kappa shape index (κ3) is 2.54. The predicted molar refractivity (Wildman–Crippen MR) is 91.1 cm³/mol. The first-order valence-corrected chi connectivity index (χ1v) is 8.32. The normalized spacial score (nSPS) is 22.7. The van der Waals surface area contributed by atoms with Crippen molar-refractivity contribution in [1.82, 2.24) is 15.2 Å². The molecule has 5 nitrogen and oxygen atoms in total. The number of rotatable bonds is 3. The summed E-state index contributed by atoms with van der Waals surface area (Å²) in [7, 11) is 0. The Balaban J connectivity index is 1.54. The zero-order valence-electron chi connectivity index (χ0n) is 12.5. The van der Waals surface area contributed by atoms with Crippen LogP contribution in [-0.4, -0.2) is 34.4 Å². The van der Waals surface area contributed by atoms with Gasteiger partial charge in [0.1, 0.15) is 0 Å². The van der Waals surface area contributed by atoms with Crippen LogP contribution in [-0.2, 0) is 4.79 Å². The van der Waals surface area contributed by atoms with Crippen LogP contribution in [0.4, 0.5) is 4.79 Å². The van der Waals surface area contributed by atoms with Crippen molar-refractivity contribution in [2.45, 2.75) is 18.4 Å². The van der Waals surface area contributed by atoms with Crippen molar-refractivity contribution in [3.8, 4) is 11.3 Å². The van der Waals surface area contributed by atoms with Crippen molar-refractivity contribution in [3.05, 3.63) is 52.1 Å². The molecular formula is C17H13Cl2N3O2. The molecule has 122 valence electrons. The molecule has 2 heterocycles. The Morgan fingerprint density at radius 3 is 2.67 bits per heavy atom. The SMILES string of the molecule is O=C1CNC(=O)N1[C@H]1C[C@@H]1c1ccc(-c2cccc(Cl)c2Cl)nc1. The minimum Gasteiger partial charge on any atom is -0.329 e. The highest BCUT2D eigenvalue weighted by molar-refractivity contribution is 6.43.